The quantitative estimate of drug-likeness (QED) is 0.332. The van der Waals surface area contributed by atoms with Crippen LogP contribution in [0.4, 0.5) is 5.69 Å². The normalized spacial score (nSPS) is 11.1. The van der Waals surface area contributed by atoms with Crippen molar-refractivity contribution in [3.8, 4) is 11.5 Å². The van der Waals surface area contributed by atoms with E-state index >= 15 is 0 Å². The first-order valence-corrected chi connectivity index (χ1v) is 9.70. The molecule has 3 aromatic carbocycles. The first-order chi connectivity index (χ1) is 14.5. The maximum atomic E-state index is 12.3. The van der Waals surface area contributed by atoms with Gasteiger partial charge in [0.1, 0.15) is 18.1 Å². The van der Waals surface area contributed by atoms with Crippen LogP contribution in [0.5, 0.6) is 11.5 Å². The fraction of sp³-hybridized carbons (Fsp3) is 0.167. The van der Waals surface area contributed by atoms with Gasteiger partial charge in [0.05, 0.1) is 12.3 Å². The molecule has 30 heavy (non-hydrogen) atoms. The molecular weight excluding hydrogens is 378 g/mol. The highest BCUT2D eigenvalue weighted by Gasteiger charge is 2.06. The van der Waals surface area contributed by atoms with Gasteiger partial charge in [0.25, 0.3) is 5.91 Å². The number of rotatable bonds is 8. The van der Waals surface area contributed by atoms with E-state index < -0.39 is 0 Å². The molecule has 0 aliphatic heterocycles. The smallest absolute Gasteiger partial charge is 0.271 e. The van der Waals surface area contributed by atoms with Crippen LogP contribution in [0.25, 0.3) is 0 Å². The molecule has 154 valence electrons. The second-order valence-corrected chi connectivity index (χ2v) is 6.65. The molecule has 0 radical (unpaired) electrons. The lowest BCUT2D eigenvalue weighted by Gasteiger charge is -2.08. The average molecular weight is 403 g/mol. The summed E-state index contributed by atoms with van der Waals surface area (Å²) in [7, 11) is 0. The molecule has 6 heteroatoms. The van der Waals surface area contributed by atoms with Crippen molar-refractivity contribution in [2.24, 2.45) is 5.10 Å². The molecule has 3 rings (SSSR count). The van der Waals surface area contributed by atoms with E-state index in [1.807, 2.05) is 68.4 Å². The number of amides is 1. The Balaban J connectivity index is 1.54. The number of hydrogen-bond acceptors (Lipinski definition) is 5. The summed E-state index contributed by atoms with van der Waals surface area (Å²) < 4.78 is 11.2. The number of nitrogens with zero attached hydrogens (tertiary/aromatic N) is 1. The Hall–Kier alpha value is -3.80. The van der Waals surface area contributed by atoms with Crippen molar-refractivity contribution in [1.82, 2.24) is 5.43 Å². The van der Waals surface area contributed by atoms with Gasteiger partial charge in [-0.15, -0.1) is 0 Å². The molecule has 0 aromatic heterocycles. The molecule has 1 amide bonds. The first-order valence-electron chi connectivity index (χ1n) is 9.70. The molecule has 0 spiro atoms. The lowest BCUT2D eigenvalue weighted by molar-refractivity contribution is 0.0955. The van der Waals surface area contributed by atoms with E-state index in [2.05, 4.69) is 10.5 Å². The number of nitrogens with one attached hydrogen (secondary N) is 1. The SMILES string of the molecule is CCOc1ccc(OCc2ccc(C(=O)N/N=C(/C)c3cccc(N)c3)cc2)cc1. The van der Waals surface area contributed by atoms with E-state index in [-0.39, 0.29) is 5.91 Å². The van der Waals surface area contributed by atoms with Gasteiger partial charge < -0.3 is 15.2 Å². The zero-order valence-electron chi connectivity index (χ0n) is 17.1. The molecule has 0 atom stereocenters. The molecule has 0 aliphatic carbocycles. The van der Waals surface area contributed by atoms with Crippen molar-refractivity contribution in [3.05, 3.63) is 89.5 Å². The number of nitrogens with two attached hydrogens (primary N) is 1. The lowest BCUT2D eigenvalue weighted by Crippen LogP contribution is -2.19. The number of hydrogen-bond donors (Lipinski definition) is 2. The third-order valence-electron chi connectivity index (χ3n) is 4.39. The van der Waals surface area contributed by atoms with Crippen LogP contribution in [0, 0.1) is 0 Å². The van der Waals surface area contributed by atoms with Crippen LogP contribution >= 0.6 is 0 Å². The van der Waals surface area contributed by atoms with Gasteiger partial charge in [0.15, 0.2) is 0 Å². The van der Waals surface area contributed by atoms with Crippen molar-refractivity contribution >= 4 is 17.3 Å². The molecule has 6 nitrogen and oxygen atoms in total. The van der Waals surface area contributed by atoms with E-state index in [0.717, 1.165) is 22.6 Å². The second kappa shape index (κ2) is 10.1. The molecule has 3 aromatic rings. The summed E-state index contributed by atoms with van der Waals surface area (Å²) in [5, 5.41) is 4.16. The topological polar surface area (TPSA) is 85.9 Å². The Morgan fingerprint density at radius 2 is 1.60 bits per heavy atom. The lowest BCUT2D eigenvalue weighted by atomic mass is 10.1. The van der Waals surface area contributed by atoms with Gasteiger partial charge >= 0.3 is 0 Å². The van der Waals surface area contributed by atoms with Gasteiger partial charge in [0, 0.05) is 11.3 Å². The van der Waals surface area contributed by atoms with Crippen LogP contribution in [0.1, 0.15) is 35.3 Å². The fourth-order valence-corrected chi connectivity index (χ4v) is 2.75. The predicted molar refractivity (Wildman–Crippen MR) is 119 cm³/mol. The Bertz CT molecular complexity index is 1010. The minimum Gasteiger partial charge on any atom is -0.494 e. The summed E-state index contributed by atoms with van der Waals surface area (Å²) in [5.41, 5.74) is 12.0. The second-order valence-electron chi connectivity index (χ2n) is 6.65. The van der Waals surface area contributed by atoms with Gasteiger partial charge in [0.2, 0.25) is 0 Å². The van der Waals surface area contributed by atoms with Crippen LogP contribution in [0.2, 0.25) is 0 Å². The Labute approximate surface area is 176 Å². The number of carbonyl (C=O) groups excluding carboxylic acids is 1. The summed E-state index contributed by atoms with van der Waals surface area (Å²) in [5.74, 6) is 1.29. The van der Waals surface area contributed by atoms with Gasteiger partial charge in [-0.2, -0.15) is 5.10 Å². The number of carbonyl (C=O) groups is 1. The minimum absolute atomic E-state index is 0.280. The fourth-order valence-electron chi connectivity index (χ4n) is 2.75. The summed E-state index contributed by atoms with van der Waals surface area (Å²) in [6, 6.07) is 22.0. The largest absolute Gasteiger partial charge is 0.494 e. The Morgan fingerprint density at radius 1 is 0.933 bits per heavy atom. The summed E-state index contributed by atoms with van der Waals surface area (Å²) >= 11 is 0. The van der Waals surface area contributed by atoms with Crippen LogP contribution < -0.4 is 20.6 Å². The van der Waals surface area contributed by atoms with E-state index in [1.54, 1.807) is 18.2 Å². The molecule has 0 unspecified atom stereocenters. The summed E-state index contributed by atoms with van der Waals surface area (Å²) in [4.78, 5) is 12.3. The van der Waals surface area contributed by atoms with Crippen molar-refractivity contribution in [2.45, 2.75) is 20.5 Å². The number of anilines is 1. The zero-order chi connectivity index (χ0) is 21.3. The van der Waals surface area contributed by atoms with E-state index in [1.165, 1.54) is 0 Å². The van der Waals surface area contributed by atoms with Crippen LogP contribution in [0.15, 0.2) is 77.9 Å². The zero-order valence-corrected chi connectivity index (χ0v) is 17.1. The Kier molecular flexibility index (Phi) is 7.05. The predicted octanol–water partition coefficient (Wildman–Crippen LogP) is 4.40. The molecule has 0 fully saturated rings. The van der Waals surface area contributed by atoms with Gasteiger partial charge in [-0.1, -0.05) is 24.3 Å². The minimum atomic E-state index is -0.280. The van der Waals surface area contributed by atoms with E-state index in [4.69, 9.17) is 15.2 Å². The van der Waals surface area contributed by atoms with Crippen LogP contribution in [0.3, 0.4) is 0 Å². The monoisotopic (exact) mass is 403 g/mol. The van der Waals surface area contributed by atoms with Crippen LogP contribution in [-0.2, 0) is 6.61 Å². The number of nitrogen functional groups attached to an aromatic ring is 1. The molecular formula is C24H25N3O3. The van der Waals surface area contributed by atoms with Crippen molar-refractivity contribution in [1.29, 1.82) is 0 Å². The summed E-state index contributed by atoms with van der Waals surface area (Å²) in [6.45, 7) is 4.80. The van der Waals surface area contributed by atoms with E-state index in [0.29, 0.717) is 30.2 Å². The highest BCUT2D eigenvalue weighted by Crippen LogP contribution is 2.19. The first kappa shape index (κ1) is 20.9. The van der Waals surface area contributed by atoms with Crippen molar-refractivity contribution in [2.75, 3.05) is 12.3 Å². The molecule has 0 heterocycles. The van der Waals surface area contributed by atoms with Crippen molar-refractivity contribution in [3.63, 3.8) is 0 Å². The summed E-state index contributed by atoms with van der Waals surface area (Å²) in [6.07, 6.45) is 0. The number of hydrazone groups is 1. The highest BCUT2D eigenvalue weighted by molar-refractivity contribution is 6.01. The van der Waals surface area contributed by atoms with Gasteiger partial charge in [-0.25, -0.2) is 5.43 Å². The van der Waals surface area contributed by atoms with Gasteiger partial charge in [-0.3, -0.25) is 4.79 Å². The van der Waals surface area contributed by atoms with E-state index in [9.17, 15) is 4.79 Å². The molecule has 3 N–H and O–H groups in total. The number of ether oxygens (including phenoxy) is 2. The molecule has 0 aliphatic rings. The highest BCUT2D eigenvalue weighted by atomic mass is 16.5. The molecule has 0 bridgehead atoms. The third kappa shape index (κ3) is 5.85. The standard InChI is InChI=1S/C24H25N3O3/c1-3-29-22-11-13-23(14-12-22)30-16-18-7-9-19(10-8-18)24(28)27-26-17(2)20-5-4-6-21(25)15-20/h4-15H,3,16,25H2,1-2H3,(H,27,28)/b26-17-. The molecule has 0 saturated carbocycles. The maximum absolute atomic E-state index is 12.3. The average Bonchev–Trinajstić information content (AvgIpc) is 2.77. The van der Waals surface area contributed by atoms with Crippen molar-refractivity contribution < 1.29 is 14.3 Å². The Morgan fingerprint density at radius 3 is 2.23 bits per heavy atom. The van der Waals surface area contributed by atoms with Crippen LogP contribution in [-0.4, -0.2) is 18.2 Å². The molecule has 0 saturated heterocycles. The number of benzene rings is 3. The third-order valence-corrected chi connectivity index (χ3v) is 4.39. The maximum Gasteiger partial charge on any atom is 0.271 e. The van der Waals surface area contributed by atoms with Gasteiger partial charge in [-0.05, 0) is 73.5 Å².